The first kappa shape index (κ1) is 14.3. The molecule has 1 aromatic rings. The minimum Gasteiger partial charge on any atom is -0.481 e. The zero-order valence-electron chi connectivity index (χ0n) is 10.1. The van der Waals surface area contributed by atoms with Crippen molar-refractivity contribution in [3.05, 3.63) is 28.5 Å². The molecule has 0 saturated carbocycles. The van der Waals surface area contributed by atoms with E-state index >= 15 is 0 Å². The van der Waals surface area contributed by atoms with Crippen LogP contribution in [0.15, 0.2) is 22.9 Å². The van der Waals surface area contributed by atoms with Gasteiger partial charge in [-0.15, -0.1) is 0 Å². The Morgan fingerprint density at radius 1 is 1.58 bits per heavy atom. The number of aromatic nitrogens is 1. The fourth-order valence-corrected chi connectivity index (χ4v) is 3.48. The average Bonchev–Trinajstić information content (AvgIpc) is 2.38. The number of rotatable bonds is 3. The fourth-order valence-electron chi connectivity index (χ4n) is 1.99. The van der Waals surface area contributed by atoms with E-state index in [1.807, 2.05) is 0 Å². The van der Waals surface area contributed by atoms with Crippen molar-refractivity contribution < 1.29 is 14.7 Å². The van der Waals surface area contributed by atoms with Gasteiger partial charge in [-0.2, -0.15) is 11.8 Å². The number of hydrogen-bond donors (Lipinski definition) is 1. The van der Waals surface area contributed by atoms with Crippen LogP contribution in [0.4, 0.5) is 0 Å². The van der Waals surface area contributed by atoms with Crippen LogP contribution >= 0.6 is 27.7 Å². The van der Waals surface area contributed by atoms with E-state index in [9.17, 15) is 9.59 Å². The first-order valence-corrected chi connectivity index (χ1v) is 7.75. The van der Waals surface area contributed by atoms with Gasteiger partial charge >= 0.3 is 5.97 Å². The molecule has 0 spiro atoms. The molecule has 1 aromatic heterocycles. The van der Waals surface area contributed by atoms with Gasteiger partial charge in [0.15, 0.2) is 0 Å². The third kappa shape index (κ3) is 3.48. The number of aliphatic carboxylic acids is 1. The van der Waals surface area contributed by atoms with E-state index in [0.717, 1.165) is 5.75 Å². The van der Waals surface area contributed by atoms with Crippen molar-refractivity contribution >= 4 is 39.6 Å². The molecule has 1 aliphatic heterocycles. The van der Waals surface area contributed by atoms with Crippen LogP contribution in [0.2, 0.25) is 0 Å². The number of carboxylic acid groups (broad SMARTS) is 1. The number of carbonyl (C=O) groups is 2. The highest BCUT2D eigenvalue weighted by Gasteiger charge is 2.30. The number of hydrogen-bond acceptors (Lipinski definition) is 4. The lowest BCUT2D eigenvalue weighted by atomic mass is 10.1. The van der Waals surface area contributed by atoms with Crippen molar-refractivity contribution in [3.63, 3.8) is 0 Å². The smallest absolute Gasteiger partial charge is 0.305 e. The van der Waals surface area contributed by atoms with Crippen LogP contribution in [-0.4, -0.2) is 51.0 Å². The van der Waals surface area contributed by atoms with Crippen molar-refractivity contribution in [2.24, 2.45) is 0 Å². The summed E-state index contributed by atoms with van der Waals surface area (Å²) >= 11 is 4.94. The molecule has 102 valence electrons. The second kappa shape index (κ2) is 6.38. The summed E-state index contributed by atoms with van der Waals surface area (Å²) < 4.78 is 0.493. The third-order valence-corrected chi connectivity index (χ3v) is 4.61. The first-order valence-electron chi connectivity index (χ1n) is 5.80. The number of amides is 1. The molecule has 1 aliphatic rings. The first-order chi connectivity index (χ1) is 9.09. The summed E-state index contributed by atoms with van der Waals surface area (Å²) in [5, 5.41) is 8.92. The molecule has 1 N–H and O–H groups in total. The summed E-state index contributed by atoms with van der Waals surface area (Å²) in [6.07, 6.45) is 1.58. The molecule has 0 aliphatic carbocycles. The van der Waals surface area contributed by atoms with E-state index in [0.29, 0.717) is 22.5 Å². The Balaban J connectivity index is 2.20. The highest BCUT2D eigenvalue weighted by atomic mass is 79.9. The van der Waals surface area contributed by atoms with Crippen molar-refractivity contribution in [1.82, 2.24) is 9.88 Å². The zero-order valence-corrected chi connectivity index (χ0v) is 12.5. The quantitative estimate of drug-likeness (QED) is 0.847. The lowest BCUT2D eigenvalue weighted by Gasteiger charge is -2.34. The van der Waals surface area contributed by atoms with E-state index in [2.05, 4.69) is 20.9 Å². The molecule has 0 radical (unpaired) electrons. The zero-order chi connectivity index (χ0) is 13.8. The Morgan fingerprint density at radius 3 is 3.05 bits per heavy atom. The maximum absolute atomic E-state index is 12.5. The van der Waals surface area contributed by atoms with Gasteiger partial charge in [0.1, 0.15) is 4.60 Å². The Morgan fingerprint density at radius 2 is 2.37 bits per heavy atom. The number of halogens is 1. The average molecular weight is 345 g/mol. The number of carboxylic acids is 1. The molecule has 1 atom stereocenters. The normalized spacial score (nSPS) is 19.2. The molecular weight excluding hydrogens is 332 g/mol. The predicted octanol–water partition coefficient (Wildman–Crippen LogP) is 1.88. The van der Waals surface area contributed by atoms with E-state index in [-0.39, 0.29) is 18.4 Å². The molecule has 2 heterocycles. The van der Waals surface area contributed by atoms with E-state index in [4.69, 9.17) is 5.11 Å². The second-order valence-electron chi connectivity index (χ2n) is 4.17. The second-order valence-corrected chi connectivity index (χ2v) is 6.07. The van der Waals surface area contributed by atoms with Crippen molar-refractivity contribution in [2.75, 3.05) is 18.1 Å². The van der Waals surface area contributed by atoms with Crippen LogP contribution in [0, 0.1) is 0 Å². The van der Waals surface area contributed by atoms with Gasteiger partial charge < -0.3 is 10.0 Å². The summed E-state index contributed by atoms with van der Waals surface area (Å²) in [6, 6.07) is 3.14. The lowest BCUT2D eigenvalue weighted by molar-refractivity contribution is -0.138. The largest absolute Gasteiger partial charge is 0.481 e. The minimum atomic E-state index is -0.879. The Kier molecular flexibility index (Phi) is 4.81. The van der Waals surface area contributed by atoms with E-state index in [1.54, 1.807) is 35.0 Å². The molecule has 1 fully saturated rings. The molecule has 0 aromatic carbocycles. The third-order valence-electron chi connectivity index (χ3n) is 2.89. The monoisotopic (exact) mass is 344 g/mol. The van der Waals surface area contributed by atoms with Gasteiger partial charge in [0, 0.05) is 24.2 Å². The Hall–Kier alpha value is -1.08. The van der Waals surface area contributed by atoms with Gasteiger partial charge in [0.2, 0.25) is 0 Å². The van der Waals surface area contributed by atoms with Gasteiger partial charge in [0.25, 0.3) is 5.91 Å². The molecule has 1 saturated heterocycles. The molecule has 0 bridgehead atoms. The number of pyridine rings is 1. The molecule has 7 heteroatoms. The maximum atomic E-state index is 12.5. The topological polar surface area (TPSA) is 70.5 Å². The fraction of sp³-hybridized carbons (Fsp3) is 0.417. The molecule has 1 amide bonds. The Bertz CT molecular complexity index is 498. The summed E-state index contributed by atoms with van der Waals surface area (Å²) in [5.41, 5.74) is 0.477. The van der Waals surface area contributed by atoms with Crippen LogP contribution in [0.25, 0.3) is 0 Å². The van der Waals surface area contributed by atoms with Gasteiger partial charge in [-0.25, -0.2) is 4.98 Å². The van der Waals surface area contributed by atoms with Crippen LogP contribution in [0.1, 0.15) is 16.8 Å². The molecule has 19 heavy (non-hydrogen) atoms. The van der Waals surface area contributed by atoms with Gasteiger partial charge in [0.05, 0.1) is 18.0 Å². The number of thioether (sulfide) groups is 1. The van der Waals surface area contributed by atoms with Gasteiger partial charge in [-0.1, -0.05) is 0 Å². The summed E-state index contributed by atoms with van der Waals surface area (Å²) in [7, 11) is 0. The van der Waals surface area contributed by atoms with Gasteiger partial charge in [-0.3, -0.25) is 9.59 Å². The van der Waals surface area contributed by atoms with Crippen molar-refractivity contribution in [1.29, 1.82) is 0 Å². The number of carbonyl (C=O) groups excluding carboxylic acids is 1. The minimum absolute atomic E-state index is 0.0172. The highest BCUT2D eigenvalue weighted by Crippen LogP contribution is 2.23. The highest BCUT2D eigenvalue weighted by molar-refractivity contribution is 9.10. The molecule has 5 nitrogen and oxygen atoms in total. The lowest BCUT2D eigenvalue weighted by Crippen LogP contribution is -2.47. The van der Waals surface area contributed by atoms with Crippen LogP contribution < -0.4 is 0 Å². The van der Waals surface area contributed by atoms with Crippen LogP contribution in [0.5, 0.6) is 0 Å². The SMILES string of the molecule is O=C(O)CC1CSCCN1C(=O)c1cccnc1Br. The maximum Gasteiger partial charge on any atom is 0.305 e. The van der Waals surface area contributed by atoms with Gasteiger partial charge in [-0.05, 0) is 28.1 Å². The molecule has 1 unspecified atom stereocenters. The van der Waals surface area contributed by atoms with Crippen LogP contribution in [0.3, 0.4) is 0 Å². The Labute approximate surface area is 123 Å². The predicted molar refractivity (Wildman–Crippen MR) is 76.3 cm³/mol. The summed E-state index contributed by atoms with van der Waals surface area (Å²) in [5.74, 6) is 0.456. The van der Waals surface area contributed by atoms with E-state index < -0.39 is 5.97 Å². The molecular formula is C12H13BrN2O3S. The molecule has 2 rings (SSSR count). The van der Waals surface area contributed by atoms with Crippen molar-refractivity contribution in [2.45, 2.75) is 12.5 Å². The summed E-state index contributed by atoms with van der Waals surface area (Å²) in [4.78, 5) is 29.0. The summed E-state index contributed by atoms with van der Waals surface area (Å²) in [6.45, 7) is 0.572. The number of nitrogens with zero attached hydrogens (tertiary/aromatic N) is 2. The van der Waals surface area contributed by atoms with Crippen LogP contribution in [-0.2, 0) is 4.79 Å². The standard InChI is InChI=1S/C12H13BrN2O3S/c13-11-9(2-1-3-14-11)12(18)15-4-5-19-7-8(15)6-10(16)17/h1-3,8H,4-7H2,(H,16,17). The van der Waals surface area contributed by atoms with Crippen molar-refractivity contribution in [3.8, 4) is 0 Å². The van der Waals surface area contributed by atoms with E-state index in [1.165, 1.54) is 0 Å².